The van der Waals surface area contributed by atoms with Crippen molar-refractivity contribution in [3.63, 3.8) is 0 Å². The van der Waals surface area contributed by atoms with Crippen LogP contribution in [-0.4, -0.2) is 119 Å². The van der Waals surface area contributed by atoms with Gasteiger partial charge in [0, 0.05) is 37.0 Å². The summed E-state index contributed by atoms with van der Waals surface area (Å²) in [5.74, 6) is -4.71. The molecular formula is C52H66N4O15. The molecule has 3 aromatic rings. The average Bonchev–Trinajstić information content (AvgIpc) is 3.38. The maximum absolute atomic E-state index is 12.5. The van der Waals surface area contributed by atoms with E-state index in [2.05, 4.69) is 42.1 Å². The van der Waals surface area contributed by atoms with Crippen LogP contribution in [0.3, 0.4) is 0 Å². The number of benzene rings is 3. The Labute approximate surface area is 414 Å². The van der Waals surface area contributed by atoms with Crippen LogP contribution in [0.5, 0.6) is 0 Å². The molecule has 0 aliphatic rings. The van der Waals surface area contributed by atoms with Crippen LogP contribution in [0.4, 0.5) is 0 Å². The van der Waals surface area contributed by atoms with Gasteiger partial charge in [0.25, 0.3) is 11.8 Å². The molecule has 384 valence electrons. The van der Waals surface area contributed by atoms with Crippen molar-refractivity contribution in [2.45, 2.75) is 89.4 Å². The van der Waals surface area contributed by atoms with Crippen molar-refractivity contribution in [1.82, 2.24) is 21.3 Å². The van der Waals surface area contributed by atoms with Gasteiger partial charge in [-0.15, -0.1) is 6.58 Å². The maximum atomic E-state index is 12.5. The lowest BCUT2D eigenvalue weighted by atomic mass is 9.95. The number of rotatable bonds is 25. The van der Waals surface area contributed by atoms with E-state index in [0.717, 1.165) is 0 Å². The van der Waals surface area contributed by atoms with Crippen molar-refractivity contribution in [2.75, 3.05) is 35.5 Å². The number of ether oxygens (including phenoxy) is 5. The molecule has 0 aromatic heterocycles. The molecule has 0 radical (unpaired) electrons. The number of allylic oxidation sites excluding steroid dienone is 1. The van der Waals surface area contributed by atoms with Crippen LogP contribution in [0, 0.1) is 5.92 Å². The second-order valence-corrected chi connectivity index (χ2v) is 15.3. The van der Waals surface area contributed by atoms with Crippen LogP contribution >= 0.6 is 0 Å². The van der Waals surface area contributed by atoms with Gasteiger partial charge in [-0.2, -0.15) is 0 Å². The van der Waals surface area contributed by atoms with Gasteiger partial charge in [-0.3, -0.25) is 28.8 Å². The Morgan fingerprint density at radius 1 is 0.451 bits per heavy atom. The Morgan fingerprint density at radius 2 is 0.789 bits per heavy atom. The first-order chi connectivity index (χ1) is 34.0. The molecule has 0 aliphatic carbocycles. The molecule has 3 aromatic carbocycles. The first kappa shape index (κ1) is 61.1. The number of hydrogen-bond acceptors (Lipinski definition) is 15. The summed E-state index contributed by atoms with van der Waals surface area (Å²) in [4.78, 5) is 117. The number of unbranched alkanes of at least 4 members (excludes halogenated alkanes) is 1. The van der Waals surface area contributed by atoms with Gasteiger partial charge in [-0.1, -0.05) is 97.8 Å². The molecule has 0 heterocycles. The molecule has 0 spiro atoms. The molecule has 19 nitrogen and oxygen atoms in total. The highest BCUT2D eigenvalue weighted by atomic mass is 16.5. The second-order valence-electron chi connectivity index (χ2n) is 15.3. The van der Waals surface area contributed by atoms with Gasteiger partial charge in [0.2, 0.25) is 11.8 Å². The molecule has 71 heavy (non-hydrogen) atoms. The van der Waals surface area contributed by atoms with Crippen LogP contribution in [-0.2, 0) is 57.2 Å². The number of hydrogen-bond donors (Lipinski definition) is 4. The summed E-state index contributed by atoms with van der Waals surface area (Å²) < 4.78 is 23.4. The van der Waals surface area contributed by atoms with Crippen LogP contribution in [0.2, 0.25) is 0 Å². The summed E-state index contributed by atoms with van der Waals surface area (Å²) in [7, 11) is 6.31. The summed E-state index contributed by atoms with van der Waals surface area (Å²) in [5.41, 5.74) is 1.46. The quantitative estimate of drug-likeness (QED) is 0.0292. The number of carbonyl (C=O) groups is 10. The van der Waals surface area contributed by atoms with Crippen molar-refractivity contribution >= 4 is 59.3 Å². The Hall–Kier alpha value is -7.96. The maximum Gasteiger partial charge on any atom is 0.328 e. The predicted molar refractivity (Wildman–Crippen MR) is 261 cm³/mol. The molecule has 0 saturated heterocycles. The zero-order chi connectivity index (χ0) is 53.1. The number of nitrogens with one attached hydrogen (secondary N) is 4. The van der Waals surface area contributed by atoms with Gasteiger partial charge in [0.1, 0.15) is 24.2 Å². The molecule has 0 aliphatic heterocycles. The summed E-state index contributed by atoms with van der Waals surface area (Å²) in [5, 5.41) is 10.3. The highest BCUT2D eigenvalue weighted by Gasteiger charge is 2.25. The first-order valence-corrected chi connectivity index (χ1v) is 22.5. The van der Waals surface area contributed by atoms with E-state index in [0.29, 0.717) is 48.8 Å². The second kappa shape index (κ2) is 35.2. The third-order valence-electron chi connectivity index (χ3n) is 10.0. The Balaban J connectivity index is 0.000000564. The summed E-state index contributed by atoms with van der Waals surface area (Å²) >= 11 is 0. The van der Waals surface area contributed by atoms with Gasteiger partial charge in [0.15, 0.2) is 5.78 Å². The molecule has 4 N–H and O–H groups in total. The minimum absolute atomic E-state index is 0.00615. The molecule has 0 unspecified atom stereocenters. The number of amides is 4. The number of esters is 5. The van der Waals surface area contributed by atoms with E-state index >= 15 is 0 Å². The average molecular weight is 987 g/mol. The van der Waals surface area contributed by atoms with Crippen LogP contribution in [0.25, 0.3) is 0 Å². The number of Topliss-reactive ketones (excluding diaryl/α,β-unsaturated/α-hetero) is 1. The molecular weight excluding hydrogens is 921 g/mol. The third-order valence-corrected chi connectivity index (χ3v) is 10.0. The van der Waals surface area contributed by atoms with E-state index in [1.54, 1.807) is 97.1 Å². The van der Waals surface area contributed by atoms with Crippen LogP contribution in [0.15, 0.2) is 116 Å². The molecule has 0 fully saturated rings. The van der Waals surface area contributed by atoms with Gasteiger partial charge in [-0.05, 0) is 56.4 Å². The fraction of sp³-hybridized carbons (Fsp3) is 0.385. The Bertz CT molecular complexity index is 2100. The monoisotopic (exact) mass is 986 g/mol. The lowest BCUT2D eigenvalue weighted by molar-refractivity contribution is -0.145. The van der Waals surface area contributed by atoms with E-state index in [9.17, 15) is 47.9 Å². The zero-order valence-corrected chi connectivity index (χ0v) is 41.3. The molecule has 5 atom stereocenters. The fourth-order valence-electron chi connectivity index (χ4n) is 6.40. The smallest absolute Gasteiger partial charge is 0.328 e. The van der Waals surface area contributed by atoms with E-state index in [1.807, 2.05) is 12.1 Å². The summed E-state index contributed by atoms with van der Waals surface area (Å²) in [6, 6.07) is 23.0. The van der Waals surface area contributed by atoms with Gasteiger partial charge in [-0.25, -0.2) is 19.2 Å². The van der Waals surface area contributed by atoms with E-state index in [-0.39, 0.29) is 42.8 Å². The first-order valence-electron chi connectivity index (χ1n) is 22.5. The summed E-state index contributed by atoms with van der Waals surface area (Å²) in [6.07, 6.45) is 7.64. The van der Waals surface area contributed by atoms with Crippen LogP contribution < -0.4 is 21.3 Å². The van der Waals surface area contributed by atoms with Gasteiger partial charge in [0.05, 0.1) is 41.5 Å². The number of methoxy groups -OCH3 is 5. The molecule has 3 rings (SSSR count). The highest BCUT2D eigenvalue weighted by molar-refractivity contribution is 5.99. The largest absolute Gasteiger partial charge is 0.469 e. The third kappa shape index (κ3) is 24.8. The molecule has 4 amide bonds. The highest BCUT2D eigenvalue weighted by Crippen LogP contribution is 2.17. The Morgan fingerprint density at radius 3 is 1.14 bits per heavy atom. The minimum atomic E-state index is -0.883. The molecule has 0 bridgehead atoms. The number of carbonyl (C=O) groups excluding carboxylic acids is 10. The molecule has 0 saturated carbocycles. The van der Waals surface area contributed by atoms with Gasteiger partial charge >= 0.3 is 29.8 Å². The normalized spacial score (nSPS) is 12.3. The van der Waals surface area contributed by atoms with Gasteiger partial charge < -0.3 is 45.0 Å². The van der Waals surface area contributed by atoms with Crippen molar-refractivity contribution < 1.29 is 71.6 Å². The topological polar surface area (TPSA) is 265 Å². The van der Waals surface area contributed by atoms with Crippen molar-refractivity contribution in [3.8, 4) is 0 Å². The summed E-state index contributed by atoms with van der Waals surface area (Å²) in [6.45, 7) is 6.18. The standard InChI is InChI=1S/C25H27NO6.C14H24N2O6.C13H15NO3/c1-31-24(29)20(17-22(27)18-11-5-3-6-12-18)15-9-10-16-21(25(30)32-2)26-23(28)19-13-7-4-8-14-19;1-9(17)15-11(13(19)21-3)7-5-6-8-12(14(20)22-4)16-10(2)18;1-3-7-11(13(16)17-2)14-12(15)10-8-5-4-6-9-10/h3-14,20-21H,15-17H2,1-2H3,(H,26,28);11-12H,5-8H2,1-4H3,(H,15,17)(H,16,18);3-6,8-9,11H,1,7H2,2H3,(H,14,15)/t20-,21+;11-,12-;11-/m100/s1. The SMILES string of the molecule is C=CC[C@H](NC(=O)c1ccccc1)C(=O)OC.COC(=O)[C@H](CC=CC[C@H](NC(=O)c1ccccc1)C(=O)OC)CC(=O)c1ccccc1.COC(=O)[C@H](CCCC[C@H](NC(C)=O)C(=O)OC)NC(C)=O. The van der Waals surface area contributed by atoms with Crippen molar-refractivity contribution in [3.05, 3.63) is 132 Å². The predicted octanol–water partition coefficient (Wildman–Crippen LogP) is 4.79. The van der Waals surface area contributed by atoms with E-state index in [1.165, 1.54) is 49.4 Å². The lowest BCUT2D eigenvalue weighted by Crippen LogP contribution is -2.41. The van der Waals surface area contributed by atoms with Crippen molar-refractivity contribution in [1.29, 1.82) is 0 Å². The number of ketones is 1. The Kier molecular flexibility index (Phi) is 30.3. The van der Waals surface area contributed by atoms with Crippen LogP contribution in [0.1, 0.15) is 96.3 Å². The lowest BCUT2D eigenvalue weighted by Gasteiger charge is -2.17. The van der Waals surface area contributed by atoms with E-state index < -0.39 is 65.8 Å². The zero-order valence-electron chi connectivity index (χ0n) is 41.3. The van der Waals surface area contributed by atoms with Crippen molar-refractivity contribution in [2.24, 2.45) is 5.92 Å². The molecule has 19 heteroatoms. The van der Waals surface area contributed by atoms with E-state index in [4.69, 9.17) is 9.47 Å². The minimum Gasteiger partial charge on any atom is -0.469 e. The fourth-order valence-corrected chi connectivity index (χ4v) is 6.40.